The number of hydrogen-bond acceptors (Lipinski definition) is 5. The van der Waals surface area contributed by atoms with Crippen LogP contribution in [0.25, 0.3) is 0 Å². The van der Waals surface area contributed by atoms with Gasteiger partial charge in [-0.15, -0.1) is 0 Å². The number of aryl methyl sites for hydroxylation is 3. The van der Waals surface area contributed by atoms with Crippen LogP contribution < -0.4 is 4.72 Å². The van der Waals surface area contributed by atoms with Gasteiger partial charge in [0.2, 0.25) is 0 Å². The Morgan fingerprint density at radius 1 is 1.30 bits per heavy atom. The fourth-order valence-corrected chi connectivity index (χ4v) is 3.44. The Labute approximate surface area is 117 Å². The second-order valence-electron chi connectivity index (χ2n) is 4.58. The summed E-state index contributed by atoms with van der Waals surface area (Å²) < 4.78 is 32.1. The molecule has 2 aromatic rings. The van der Waals surface area contributed by atoms with Gasteiger partial charge in [-0.05, 0) is 26.8 Å². The third-order valence-corrected chi connectivity index (χ3v) is 4.52. The van der Waals surface area contributed by atoms with E-state index in [1.165, 1.54) is 6.92 Å². The molecule has 0 saturated heterocycles. The molecule has 2 rings (SSSR count). The van der Waals surface area contributed by atoms with Gasteiger partial charge < -0.3 is 9.63 Å². The van der Waals surface area contributed by atoms with Gasteiger partial charge in [0.05, 0.1) is 12.3 Å². The Morgan fingerprint density at radius 3 is 2.55 bits per heavy atom. The first-order valence-electron chi connectivity index (χ1n) is 6.01. The van der Waals surface area contributed by atoms with E-state index in [0.29, 0.717) is 16.9 Å². The highest BCUT2D eigenvalue weighted by Gasteiger charge is 2.24. The van der Waals surface area contributed by atoms with E-state index >= 15 is 0 Å². The van der Waals surface area contributed by atoms with E-state index in [9.17, 15) is 13.5 Å². The lowest BCUT2D eigenvalue weighted by Crippen LogP contribution is -2.15. The fourth-order valence-electron chi connectivity index (χ4n) is 2.01. The van der Waals surface area contributed by atoms with Gasteiger partial charge in [0.25, 0.3) is 10.0 Å². The number of sulfonamides is 1. The molecule has 0 aliphatic heterocycles. The molecule has 1 heterocycles. The van der Waals surface area contributed by atoms with Gasteiger partial charge in [0.15, 0.2) is 10.7 Å². The maximum Gasteiger partial charge on any atom is 0.267 e. The highest BCUT2D eigenvalue weighted by atomic mass is 32.2. The SMILES string of the molecule is Cc1ccc(NS(=O)(=O)c2c(C)noc2C)c(CO)c1. The smallest absolute Gasteiger partial charge is 0.267 e. The molecule has 0 saturated carbocycles. The molecule has 7 heteroatoms. The predicted molar refractivity (Wildman–Crippen MR) is 73.9 cm³/mol. The largest absolute Gasteiger partial charge is 0.392 e. The van der Waals surface area contributed by atoms with Crippen LogP contribution in [0.3, 0.4) is 0 Å². The zero-order valence-electron chi connectivity index (χ0n) is 11.5. The van der Waals surface area contributed by atoms with Gasteiger partial charge in [-0.25, -0.2) is 8.42 Å². The number of aliphatic hydroxyl groups is 1. The number of nitrogens with one attached hydrogen (secondary N) is 1. The zero-order chi connectivity index (χ0) is 14.9. The quantitative estimate of drug-likeness (QED) is 0.899. The van der Waals surface area contributed by atoms with Crippen molar-refractivity contribution in [2.75, 3.05) is 4.72 Å². The van der Waals surface area contributed by atoms with Crippen molar-refractivity contribution in [2.24, 2.45) is 0 Å². The van der Waals surface area contributed by atoms with E-state index in [-0.39, 0.29) is 17.3 Å². The standard InChI is InChI=1S/C13H16N2O4S/c1-8-4-5-12(11(6-8)7-16)15-20(17,18)13-9(2)14-19-10(13)3/h4-6,15-16H,7H2,1-3H3. The van der Waals surface area contributed by atoms with E-state index in [1.54, 1.807) is 25.1 Å². The van der Waals surface area contributed by atoms with Crippen molar-refractivity contribution in [2.45, 2.75) is 32.3 Å². The van der Waals surface area contributed by atoms with Crippen LogP contribution in [0.15, 0.2) is 27.6 Å². The second kappa shape index (κ2) is 5.26. The molecule has 0 atom stereocenters. The number of anilines is 1. The van der Waals surface area contributed by atoms with Crippen molar-refractivity contribution in [1.29, 1.82) is 0 Å². The van der Waals surface area contributed by atoms with Crippen molar-refractivity contribution in [1.82, 2.24) is 5.16 Å². The molecule has 0 unspecified atom stereocenters. The average molecular weight is 296 g/mol. The van der Waals surface area contributed by atoms with Gasteiger partial charge in [0.1, 0.15) is 5.69 Å². The molecule has 2 N–H and O–H groups in total. The lowest BCUT2D eigenvalue weighted by molar-refractivity contribution is 0.282. The molecule has 1 aromatic carbocycles. The van der Waals surface area contributed by atoms with E-state index in [2.05, 4.69) is 9.88 Å². The predicted octanol–water partition coefficient (Wildman–Crippen LogP) is 1.89. The molecular weight excluding hydrogens is 280 g/mol. The summed E-state index contributed by atoms with van der Waals surface area (Å²) in [6.45, 7) is 4.72. The molecule has 0 amide bonds. The van der Waals surface area contributed by atoms with Crippen LogP contribution in [-0.2, 0) is 16.6 Å². The van der Waals surface area contributed by atoms with Gasteiger partial charge in [-0.1, -0.05) is 22.9 Å². The molecule has 20 heavy (non-hydrogen) atoms. The minimum Gasteiger partial charge on any atom is -0.392 e. The highest BCUT2D eigenvalue weighted by Crippen LogP contribution is 2.25. The number of benzene rings is 1. The Kier molecular flexibility index (Phi) is 3.82. The molecule has 0 aliphatic carbocycles. The maximum absolute atomic E-state index is 12.4. The molecule has 1 aromatic heterocycles. The highest BCUT2D eigenvalue weighted by molar-refractivity contribution is 7.92. The van der Waals surface area contributed by atoms with E-state index < -0.39 is 10.0 Å². The third kappa shape index (κ3) is 2.68. The Hall–Kier alpha value is -1.86. The summed E-state index contributed by atoms with van der Waals surface area (Å²) in [5.74, 6) is 0.229. The van der Waals surface area contributed by atoms with E-state index in [4.69, 9.17) is 4.52 Å². The molecular formula is C13H16N2O4S. The lowest BCUT2D eigenvalue weighted by Gasteiger charge is -2.11. The van der Waals surface area contributed by atoms with Crippen LogP contribution in [0.2, 0.25) is 0 Å². The van der Waals surface area contributed by atoms with Crippen molar-refractivity contribution >= 4 is 15.7 Å². The van der Waals surface area contributed by atoms with Crippen LogP contribution >= 0.6 is 0 Å². The molecule has 0 bridgehead atoms. The third-order valence-electron chi connectivity index (χ3n) is 2.91. The number of aromatic nitrogens is 1. The topological polar surface area (TPSA) is 92.4 Å². The molecule has 0 spiro atoms. The average Bonchev–Trinajstić information content (AvgIpc) is 2.71. The Bertz CT molecular complexity index is 715. The van der Waals surface area contributed by atoms with Crippen LogP contribution in [0.5, 0.6) is 0 Å². The molecule has 0 radical (unpaired) electrons. The summed E-state index contributed by atoms with van der Waals surface area (Å²) in [4.78, 5) is 0.0296. The van der Waals surface area contributed by atoms with Crippen molar-refractivity contribution < 1.29 is 18.0 Å². The molecule has 0 aliphatic rings. The first kappa shape index (κ1) is 14.5. The minimum absolute atomic E-state index is 0.0296. The van der Waals surface area contributed by atoms with Gasteiger partial charge in [0, 0.05) is 5.56 Å². The minimum atomic E-state index is -3.79. The summed E-state index contributed by atoms with van der Waals surface area (Å²) >= 11 is 0. The molecule has 0 fully saturated rings. The Morgan fingerprint density at radius 2 is 2.00 bits per heavy atom. The summed E-state index contributed by atoms with van der Waals surface area (Å²) in [5.41, 5.74) is 2.10. The summed E-state index contributed by atoms with van der Waals surface area (Å²) in [6.07, 6.45) is 0. The van der Waals surface area contributed by atoms with E-state index in [0.717, 1.165) is 5.56 Å². The van der Waals surface area contributed by atoms with Gasteiger partial charge >= 0.3 is 0 Å². The monoisotopic (exact) mass is 296 g/mol. The van der Waals surface area contributed by atoms with Crippen molar-refractivity contribution in [3.05, 3.63) is 40.8 Å². The maximum atomic E-state index is 12.4. The normalized spacial score (nSPS) is 11.6. The first-order chi connectivity index (χ1) is 9.35. The second-order valence-corrected chi connectivity index (χ2v) is 6.20. The van der Waals surface area contributed by atoms with Gasteiger partial charge in [-0.2, -0.15) is 0 Å². The van der Waals surface area contributed by atoms with Crippen LogP contribution in [0, 0.1) is 20.8 Å². The molecule has 6 nitrogen and oxygen atoms in total. The number of rotatable bonds is 4. The van der Waals surface area contributed by atoms with Gasteiger partial charge in [-0.3, -0.25) is 4.72 Å². The van der Waals surface area contributed by atoms with Crippen LogP contribution in [0.4, 0.5) is 5.69 Å². The Balaban J connectivity index is 2.44. The van der Waals surface area contributed by atoms with Crippen LogP contribution in [0.1, 0.15) is 22.6 Å². The van der Waals surface area contributed by atoms with E-state index in [1.807, 2.05) is 6.92 Å². The number of hydrogen-bond donors (Lipinski definition) is 2. The molecule has 108 valence electrons. The first-order valence-corrected chi connectivity index (χ1v) is 7.49. The zero-order valence-corrected chi connectivity index (χ0v) is 12.3. The van der Waals surface area contributed by atoms with Crippen molar-refractivity contribution in [3.8, 4) is 0 Å². The number of nitrogens with zero attached hydrogens (tertiary/aromatic N) is 1. The lowest BCUT2D eigenvalue weighted by atomic mass is 10.1. The number of aliphatic hydroxyl groups excluding tert-OH is 1. The fraction of sp³-hybridized carbons (Fsp3) is 0.308. The summed E-state index contributed by atoms with van der Waals surface area (Å²) in [5, 5.41) is 13.0. The van der Waals surface area contributed by atoms with Crippen LogP contribution in [-0.4, -0.2) is 18.7 Å². The summed E-state index contributed by atoms with van der Waals surface area (Å²) in [7, 11) is -3.79. The summed E-state index contributed by atoms with van der Waals surface area (Å²) in [6, 6.07) is 5.12. The van der Waals surface area contributed by atoms with Crippen molar-refractivity contribution in [3.63, 3.8) is 0 Å².